The van der Waals surface area contributed by atoms with Crippen LogP contribution < -0.4 is 10.2 Å². The van der Waals surface area contributed by atoms with Gasteiger partial charge in [-0.1, -0.05) is 12.1 Å². The third-order valence-corrected chi connectivity index (χ3v) is 4.12. The number of carbonyl (C=O) groups is 2. The highest BCUT2D eigenvalue weighted by Crippen LogP contribution is 2.20. The van der Waals surface area contributed by atoms with Crippen LogP contribution >= 0.6 is 11.8 Å². The maximum Gasteiger partial charge on any atom is 0.339 e. The van der Waals surface area contributed by atoms with Crippen molar-refractivity contribution in [3.63, 3.8) is 0 Å². The van der Waals surface area contributed by atoms with Crippen molar-refractivity contribution in [1.82, 2.24) is 0 Å². The molecule has 0 atom stereocenters. The second-order valence-electron chi connectivity index (χ2n) is 5.27. The summed E-state index contributed by atoms with van der Waals surface area (Å²) in [5, 5.41) is 2.70. The highest BCUT2D eigenvalue weighted by molar-refractivity contribution is 7.98. The Morgan fingerprint density at radius 2 is 1.75 bits per heavy atom. The molecule has 2 rings (SSSR count). The molecule has 0 fully saturated rings. The van der Waals surface area contributed by atoms with Gasteiger partial charge in [0.1, 0.15) is 0 Å². The summed E-state index contributed by atoms with van der Waals surface area (Å²) in [6, 6.07) is 14.6. The number of nitrogens with zero attached hydrogens (tertiary/aromatic N) is 1. The number of hydrogen-bond acceptors (Lipinski definition) is 5. The Morgan fingerprint density at radius 3 is 2.38 bits per heavy atom. The Bertz CT molecular complexity index is 714. The van der Waals surface area contributed by atoms with Gasteiger partial charge in [-0.15, -0.1) is 11.8 Å². The molecule has 0 aromatic heterocycles. The molecule has 0 saturated heterocycles. The van der Waals surface area contributed by atoms with Gasteiger partial charge in [-0.3, -0.25) is 4.79 Å². The fourth-order valence-electron chi connectivity index (χ4n) is 2.06. The van der Waals surface area contributed by atoms with Gasteiger partial charge in [-0.25, -0.2) is 4.79 Å². The molecule has 0 aliphatic carbocycles. The summed E-state index contributed by atoms with van der Waals surface area (Å²) in [5.41, 5.74) is 2.16. The first-order valence-corrected chi connectivity index (χ1v) is 8.61. The molecule has 6 heteroatoms. The minimum Gasteiger partial charge on any atom is -0.452 e. The van der Waals surface area contributed by atoms with Crippen molar-refractivity contribution in [3.8, 4) is 0 Å². The zero-order valence-corrected chi connectivity index (χ0v) is 14.7. The van der Waals surface area contributed by atoms with Crippen LogP contribution in [-0.2, 0) is 9.53 Å². The quantitative estimate of drug-likeness (QED) is 0.644. The van der Waals surface area contributed by atoms with Crippen LogP contribution in [0, 0.1) is 0 Å². The van der Waals surface area contributed by atoms with Crippen LogP contribution in [0.4, 0.5) is 11.4 Å². The monoisotopic (exact) mass is 344 g/mol. The molecule has 24 heavy (non-hydrogen) atoms. The van der Waals surface area contributed by atoms with Gasteiger partial charge < -0.3 is 15.0 Å². The molecule has 1 amide bonds. The highest BCUT2D eigenvalue weighted by Gasteiger charge is 2.13. The lowest BCUT2D eigenvalue weighted by atomic mass is 10.2. The van der Waals surface area contributed by atoms with E-state index in [-0.39, 0.29) is 12.5 Å². The molecular formula is C18H20N2O3S. The summed E-state index contributed by atoms with van der Waals surface area (Å²) in [6.07, 6.45) is 1.89. The van der Waals surface area contributed by atoms with Gasteiger partial charge in [0, 0.05) is 30.4 Å². The average molecular weight is 344 g/mol. The molecule has 5 nitrogen and oxygen atoms in total. The largest absolute Gasteiger partial charge is 0.452 e. The van der Waals surface area contributed by atoms with Crippen molar-refractivity contribution < 1.29 is 14.3 Å². The number of esters is 1. The summed E-state index contributed by atoms with van der Waals surface area (Å²) >= 11 is 1.46. The van der Waals surface area contributed by atoms with Crippen LogP contribution in [0.2, 0.25) is 0 Å². The Balaban J connectivity index is 1.89. The Morgan fingerprint density at radius 1 is 1.08 bits per heavy atom. The standard InChI is InChI=1S/C18H20N2O3S/c1-20(2)14-10-8-13(9-11-14)19-17(21)12-23-18(22)15-6-4-5-7-16(15)24-3/h4-11H,12H2,1-3H3,(H,19,21). The number of ether oxygens (including phenoxy) is 1. The molecule has 1 N–H and O–H groups in total. The first-order chi connectivity index (χ1) is 11.5. The molecule has 0 heterocycles. The SMILES string of the molecule is CSc1ccccc1C(=O)OCC(=O)Nc1ccc(N(C)C)cc1. The van der Waals surface area contributed by atoms with Crippen molar-refractivity contribution in [2.45, 2.75) is 4.90 Å². The van der Waals surface area contributed by atoms with E-state index in [0.29, 0.717) is 11.3 Å². The number of hydrogen-bond donors (Lipinski definition) is 1. The third kappa shape index (κ3) is 4.76. The molecule has 0 aliphatic heterocycles. The van der Waals surface area contributed by atoms with Crippen molar-refractivity contribution in [2.24, 2.45) is 0 Å². The zero-order chi connectivity index (χ0) is 17.5. The van der Waals surface area contributed by atoms with Crippen LogP contribution in [0.25, 0.3) is 0 Å². The van der Waals surface area contributed by atoms with Gasteiger partial charge in [0.15, 0.2) is 6.61 Å². The van der Waals surface area contributed by atoms with Gasteiger partial charge in [-0.2, -0.15) is 0 Å². The topological polar surface area (TPSA) is 58.6 Å². The number of benzene rings is 2. The van der Waals surface area contributed by atoms with E-state index in [1.807, 2.05) is 49.5 Å². The molecule has 0 saturated carbocycles. The number of thioether (sulfide) groups is 1. The lowest BCUT2D eigenvalue weighted by Gasteiger charge is -2.13. The summed E-state index contributed by atoms with van der Waals surface area (Å²) < 4.78 is 5.09. The van der Waals surface area contributed by atoms with E-state index in [2.05, 4.69) is 5.32 Å². The van der Waals surface area contributed by atoms with Crippen LogP contribution in [-0.4, -0.2) is 38.8 Å². The molecular weight excluding hydrogens is 324 g/mol. The number of rotatable bonds is 6. The highest BCUT2D eigenvalue weighted by atomic mass is 32.2. The first-order valence-electron chi connectivity index (χ1n) is 7.38. The second-order valence-corrected chi connectivity index (χ2v) is 6.11. The lowest BCUT2D eigenvalue weighted by molar-refractivity contribution is -0.119. The second kappa shape index (κ2) is 8.40. The van der Waals surface area contributed by atoms with Gasteiger partial charge >= 0.3 is 5.97 Å². The third-order valence-electron chi connectivity index (χ3n) is 3.33. The van der Waals surface area contributed by atoms with Crippen LogP contribution in [0.5, 0.6) is 0 Å². The number of amides is 1. The van der Waals surface area contributed by atoms with Gasteiger partial charge in [0.05, 0.1) is 5.56 Å². The van der Waals surface area contributed by atoms with Crippen LogP contribution in [0.3, 0.4) is 0 Å². The smallest absolute Gasteiger partial charge is 0.339 e. The van der Waals surface area contributed by atoms with E-state index in [1.54, 1.807) is 24.3 Å². The van der Waals surface area contributed by atoms with E-state index in [0.717, 1.165) is 10.6 Å². The van der Waals surface area contributed by atoms with Crippen LogP contribution in [0.1, 0.15) is 10.4 Å². The summed E-state index contributed by atoms with van der Waals surface area (Å²) in [7, 11) is 3.89. The van der Waals surface area contributed by atoms with Crippen molar-refractivity contribution >= 4 is 35.0 Å². The van der Waals surface area contributed by atoms with E-state index < -0.39 is 5.97 Å². The maximum atomic E-state index is 12.1. The fourth-order valence-corrected chi connectivity index (χ4v) is 2.65. The predicted octanol–water partition coefficient (Wildman–Crippen LogP) is 3.27. The number of carbonyl (C=O) groups excluding carboxylic acids is 2. The fraction of sp³-hybridized carbons (Fsp3) is 0.222. The van der Waals surface area contributed by atoms with Gasteiger partial charge in [0.2, 0.25) is 0 Å². The molecule has 126 valence electrons. The zero-order valence-electron chi connectivity index (χ0n) is 13.9. The van der Waals surface area contributed by atoms with Gasteiger partial charge in [0.25, 0.3) is 5.91 Å². The lowest BCUT2D eigenvalue weighted by Crippen LogP contribution is -2.21. The molecule has 0 radical (unpaired) electrons. The summed E-state index contributed by atoms with van der Waals surface area (Å²) in [6.45, 7) is -0.322. The molecule has 2 aromatic rings. The normalized spacial score (nSPS) is 10.1. The summed E-state index contributed by atoms with van der Waals surface area (Å²) in [4.78, 5) is 26.8. The number of anilines is 2. The minimum absolute atomic E-state index is 0.322. The summed E-state index contributed by atoms with van der Waals surface area (Å²) in [5.74, 6) is -0.874. The van der Waals surface area contributed by atoms with E-state index in [1.165, 1.54) is 11.8 Å². The predicted molar refractivity (Wildman–Crippen MR) is 97.9 cm³/mol. The van der Waals surface area contributed by atoms with Crippen molar-refractivity contribution in [3.05, 3.63) is 54.1 Å². The van der Waals surface area contributed by atoms with E-state index in [9.17, 15) is 9.59 Å². The maximum absolute atomic E-state index is 12.1. The minimum atomic E-state index is -0.502. The van der Waals surface area contributed by atoms with Crippen molar-refractivity contribution in [1.29, 1.82) is 0 Å². The molecule has 0 aliphatic rings. The first kappa shape index (κ1) is 17.9. The molecule has 0 bridgehead atoms. The molecule has 0 unspecified atom stereocenters. The van der Waals surface area contributed by atoms with Crippen LogP contribution in [0.15, 0.2) is 53.4 Å². The Labute approximate surface area is 146 Å². The van der Waals surface area contributed by atoms with E-state index >= 15 is 0 Å². The Kier molecular flexibility index (Phi) is 6.26. The number of nitrogens with one attached hydrogen (secondary N) is 1. The average Bonchev–Trinajstić information content (AvgIpc) is 2.60. The Hall–Kier alpha value is -2.47. The van der Waals surface area contributed by atoms with Crippen molar-refractivity contribution in [2.75, 3.05) is 37.2 Å². The molecule has 2 aromatic carbocycles. The van der Waals surface area contributed by atoms with E-state index in [4.69, 9.17) is 4.74 Å². The van der Waals surface area contributed by atoms with Gasteiger partial charge in [-0.05, 0) is 42.7 Å². The molecule has 0 spiro atoms.